The number of methoxy groups -OCH3 is 2. The van der Waals surface area contributed by atoms with Crippen LogP contribution in [0.3, 0.4) is 0 Å². The van der Waals surface area contributed by atoms with Crippen molar-refractivity contribution in [3.8, 4) is 11.3 Å². The third-order valence-corrected chi connectivity index (χ3v) is 5.27. The second kappa shape index (κ2) is 8.55. The summed E-state index contributed by atoms with van der Waals surface area (Å²) < 4.78 is 11.9. The highest BCUT2D eigenvalue weighted by Gasteiger charge is 2.28. The number of anilines is 1. The van der Waals surface area contributed by atoms with E-state index in [1.807, 2.05) is 61.0 Å². The smallest absolute Gasteiger partial charge is 0.355 e. The number of rotatable bonds is 4. The summed E-state index contributed by atoms with van der Waals surface area (Å²) in [6.45, 7) is 3.96. The third kappa shape index (κ3) is 3.80. The molecule has 0 amide bonds. The normalized spacial score (nSPS) is 13.4. The van der Waals surface area contributed by atoms with Crippen LogP contribution in [-0.4, -0.2) is 35.5 Å². The van der Waals surface area contributed by atoms with Crippen molar-refractivity contribution >= 4 is 23.3 Å². The molecular weight excluding hydrogens is 406 g/mol. The van der Waals surface area contributed by atoms with Gasteiger partial charge in [-0.3, -0.25) is 0 Å². The van der Waals surface area contributed by atoms with Crippen LogP contribution in [0.1, 0.15) is 11.1 Å². The van der Waals surface area contributed by atoms with Gasteiger partial charge in [-0.25, -0.2) is 14.6 Å². The number of benzene rings is 1. The van der Waals surface area contributed by atoms with Crippen LogP contribution in [0.4, 0.5) is 5.69 Å². The molecule has 0 spiro atoms. The zero-order valence-electron chi connectivity index (χ0n) is 18.3. The predicted molar refractivity (Wildman–Crippen MR) is 122 cm³/mol. The maximum atomic E-state index is 12.7. The second-order valence-electron chi connectivity index (χ2n) is 7.41. The van der Waals surface area contributed by atoms with Gasteiger partial charge in [-0.15, -0.1) is 0 Å². The Kier molecular flexibility index (Phi) is 5.64. The predicted octanol–water partition coefficient (Wildman–Crippen LogP) is 4.11. The topological polar surface area (TPSA) is 73.1 Å². The third-order valence-electron chi connectivity index (χ3n) is 5.27. The zero-order valence-corrected chi connectivity index (χ0v) is 18.3. The highest BCUT2D eigenvalue weighted by molar-refractivity contribution is 6.05. The van der Waals surface area contributed by atoms with Gasteiger partial charge >= 0.3 is 11.9 Å². The van der Waals surface area contributed by atoms with Gasteiger partial charge in [-0.2, -0.15) is 0 Å². The Morgan fingerprint density at radius 2 is 1.75 bits per heavy atom. The number of carbonyl (C=O) groups is 2. The first-order valence-electron chi connectivity index (χ1n) is 10.0. The molecule has 162 valence electrons. The van der Waals surface area contributed by atoms with E-state index in [9.17, 15) is 9.59 Å². The first-order valence-corrected chi connectivity index (χ1v) is 10.0. The molecule has 2 aromatic heterocycles. The highest BCUT2D eigenvalue weighted by Crippen LogP contribution is 2.32. The first kappa shape index (κ1) is 21.1. The van der Waals surface area contributed by atoms with Gasteiger partial charge in [0.25, 0.3) is 0 Å². The monoisotopic (exact) mass is 429 g/mol. The number of allylic oxidation sites excluding steroid dienone is 2. The molecule has 1 aliphatic rings. The van der Waals surface area contributed by atoms with E-state index in [0.717, 1.165) is 33.7 Å². The molecule has 0 atom stereocenters. The largest absolute Gasteiger partial charge is 0.465 e. The summed E-state index contributed by atoms with van der Waals surface area (Å²) in [6, 6.07) is 9.92. The SMILES string of the molecule is COC(=O)C1=C(C(=O)OC)N(c2cc(-c3cn4ccc(C)cc4n3)ccc2C)C=CC=C1. The van der Waals surface area contributed by atoms with Crippen LogP contribution < -0.4 is 4.90 Å². The number of ether oxygens (including phenoxy) is 2. The molecule has 0 saturated heterocycles. The molecule has 32 heavy (non-hydrogen) atoms. The lowest BCUT2D eigenvalue weighted by Crippen LogP contribution is -2.27. The average Bonchev–Trinajstić information content (AvgIpc) is 3.09. The van der Waals surface area contributed by atoms with Crippen LogP contribution in [-0.2, 0) is 19.1 Å². The molecular formula is C25H23N3O4. The van der Waals surface area contributed by atoms with Crippen LogP contribution in [0.2, 0.25) is 0 Å². The summed E-state index contributed by atoms with van der Waals surface area (Å²) in [6.07, 6.45) is 10.6. The summed E-state index contributed by atoms with van der Waals surface area (Å²) in [4.78, 5) is 31.5. The standard InChI is InChI=1S/C25H23N3O4/c1-16-10-12-27-15-20(26-22(27)13-16)18-9-8-17(2)21(14-18)28-11-6-5-7-19(24(29)31-3)23(28)25(30)32-4/h5-15H,1-4H3. The molecule has 3 heterocycles. The fraction of sp³-hybridized carbons (Fsp3) is 0.160. The lowest BCUT2D eigenvalue weighted by atomic mass is 10.1. The van der Waals surface area contributed by atoms with E-state index in [-0.39, 0.29) is 11.3 Å². The summed E-state index contributed by atoms with van der Waals surface area (Å²) >= 11 is 0. The number of carbonyl (C=O) groups excluding carboxylic acids is 2. The number of hydrogen-bond donors (Lipinski definition) is 0. The van der Waals surface area contributed by atoms with Gasteiger partial charge < -0.3 is 18.8 Å². The van der Waals surface area contributed by atoms with Crippen LogP contribution in [0, 0.1) is 13.8 Å². The summed E-state index contributed by atoms with van der Waals surface area (Å²) in [5.74, 6) is -1.27. The first-order chi connectivity index (χ1) is 15.4. The minimum absolute atomic E-state index is 0.0789. The van der Waals surface area contributed by atoms with Crippen LogP contribution in [0.5, 0.6) is 0 Å². The number of pyridine rings is 1. The van der Waals surface area contributed by atoms with E-state index in [1.165, 1.54) is 20.3 Å². The molecule has 0 fully saturated rings. The maximum absolute atomic E-state index is 12.7. The van der Waals surface area contributed by atoms with Crippen LogP contribution in [0.15, 0.2) is 78.4 Å². The minimum Gasteiger partial charge on any atom is -0.465 e. The number of hydrogen-bond acceptors (Lipinski definition) is 6. The molecule has 1 aliphatic heterocycles. The van der Waals surface area contributed by atoms with Crippen molar-refractivity contribution in [1.82, 2.24) is 9.38 Å². The lowest BCUT2D eigenvalue weighted by molar-refractivity contribution is -0.139. The van der Waals surface area contributed by atoms with Crippen molar-refractivity contribution < 1.29 is 19.1 Å². The Balaban J connectivity index is 1.87. The Hall–Kier alpha value is -4.13. The van der Waals surface area contributed by atoms with Crippen molar-refractivity contribution in [2.45, 2.75) is 13.8 Å². The molecule has 0 radical (unpaired) electrons. The summed E-state index contributed by atoms with van der Waals surface area (Å²) in [5, 5.41) is 0. The number of aryl methyl sites for hydroxylation is 2. The van der Waals surface area contributed by atoms with Gasteiger partial charge in [0.1, 0.15) is 11.3 Å². The van der Waals surface area contributed by atoms with Gasteiger partial charge in [-0.05, 0) is 55.3 Å². The van der Waals surface area contributed by atoms with Gasteiger partial charge in [0, 0.05) is 29.8 Å². The van der Waals surface area contributed by atoms with Gasteiger partial charge in [-0.1, -0.05) is 18.2 Å². The fourth-order valence-electron chi connectivity index (χ4n) is 3.60. The molecule has 3 aromatic rings. The van der Waals surface area contributed by atoms with Gasteiger partial charge in [0.05, 0.1) is 25.5 Å². The maximum Gasteiger partial charge on any atom is 0.355 e. The lowest BCUT2D eigenvalue weighted by Gasteiger charge is -2.25. The summed E-state index contributed by atoms with van der Waals surface area (Å²) in [7, 11) is 2.56. The number of nitrogens with zero attached hydrogens (tertiary/aromatic N) is 3. The molecule has 0 N–H and O–H groups in total. The number of aromatic nitrogens is 2. The minimum atomic E-state index is -0.644. The van der Waals surface area contributed by atoms with Crippen molar-refractivity contribution in [3.05, 3.63) is 89.6 Å². The van der Waals surface area contributed by atoms with E-state index < -0.39 is 11.9 Å². The highest BCUT2D eigenvalue weighted by atomic mass is 16.5. The van der Waals surface area contributed by atoms with Gasteiger partial charge in [0.2, 0.25) is 0 Å². The second-order valence-corrected chi connectivity index (χ2v) is 7.41. The average molecular weight is 429 g/mol. The molecule has 7 heteroatoms. The number of imidazole rings is 1. The Labute approximate surface area is 185 Å². The van der Waals surface area contributed by atoms with Crippen molar-refractivity contribution in [3.63, 3.8) is 0 Å². The molecule has 0 bridgehead atoms. The van der Waals surface area contributed by atoms with E-state index in [4.69, 9.17) is 14.5 Å². The Morgan fingerprint density at radius 1 is 0.969 bits per heavy atom. The fourth-order valence-corrected chi connectivity index (χ4v) is 3.60. The Bertz CT molecular complexity index is 1310. The number of fused-ring (bicyclic) bond motifs is 1. The van der Waals surface area contributed by atoms with Crippen LogP contribution >= 0.6 is 0 Å². The van der Waals surface area contributed by atoms with E-state index in [2.05, 4.69) is 0 Å². The molecule has 0 saturated carbocycles. The van der Waals surface area contributed by atoms with E-state index >= 15 is 0 Å². The quantitative estimate of drug-likeness (QED) is 0.581. The molecule has 1 aromatic carbocycles. The Morgan fingerprint density at radius 3 is 2.50 bits per heavy atom. The molecule has 0 unspecified atom stereocenters. The van der Waals surface area contributed by atoms with Crippen molar-refractivity contribution in [1.29, 1.82) is 0 Å². The number of esters is 2. The molecule has 0 aliphatic carbocycles. The van der Waals surface area contributed by atoms with Crippen molar-refractivity contribution in [2.75, 3.05) is 19.1 Å². The van der Waals surface area contributed by atoms with E-state index in [0.29, 0.717) is 0 Å². The molecule has 7 nitrogen and oxygen atoms in total. The van der Waals surface area contributed by atoms with Gasteiger partial charge in [0.15, 0.2) is 0 Å². The van der Waals surface area contributed by atoms with Crippen LogP contribution in [0.25, 0.3) is 16.9 Å². The zero-order chi connectivity index (χ0) is 22.8. The van der Waals surface area contributed by atoms with Crippen molar-refractivity contribution in [2.24, 2.45) is 0 Å². The van der Waals surface area contributed by atoms with E-state index in [1.54, 1.807) is 23.3 Å². The summed E-state index contributed by atoms with van der Waals surface area (Å²) in [5.41, 5.74) is 5.47. The molecule has 4 rings (SSSR count).